The molecule has 1 aliphatic carbocycles. The molecule has 0 saturated heterocycles. The number of hydrogen-bond acceptors (Lipinski definition) is 2. The van der Waals surface area contributed by atoms with Gasteiger partial charge in [-0.2, -0.15) is 0 Å². The van der Waals surface area contributed by atoms with Gasteiger partial charge in [0.15, 0.2) is 0 Å². The standard InChI is InChI=1S/C16H22O2/c1-11-12(6-7-15(11)17)10-13-8-9-18-16-5-3-2-4-14(13)16/h2-5,11-13,15,17H,6-10H2,1H3. The molecule has 3 rings (SSSR count). The number of para-hydroxylation sites is 1. The van der Waals surface area contributed by atoms with E-state index in [-0.39, 0.29) is 6.10 Å². The van der Waals surface area contributed by atoms with E-state index in [1.165, 1.54) is 18.4 Å². The molecule has 0 aromatic heterocycles. The second kappa shape index (κ2) is 4.93. The third-order valence-corrected chi connectivity index (χ3v) is 4.85. The maximum absolute atomic E-state index is 9.87. The summed E-state index contributed by atoms with van der Waals surface area (Å²) in [7, 11) is 0. The highest BCUT2D eigenvalue weighted by Gasteiger charge is 2.34. The van der Waals surface area contributed by atoms with E-state index in [9.17, 15) is 5.11 Å². The summed E-state index contributed by atoms with van der Waals surface area (Å²) < 4.78 is 5.72. The molecule has 1 aromatic carbocycles. The van der Waals surface area contributed by atoms with E-state index in [2.05, 4.69) is 25.1 Å². The Labute approximate surface area is 109 Å². The minimum atomic E-state index is -0.0786. The van der Waals surface area contributed by atoms with Crippen LogP contribution in [0.3, 0.4) is 0 Å². The van der Waals surface area contributed by atoms with Crippen LogP contribution in [0.5, 0.6) is 5.75 Å². The van der Waals surface area contributed by atoms with Gasteiger partial charge in [-0.15, -0.1) is 0 Å². The summed E-state index contributed by atoms with van der Waals surface area (Å²) in [5, 5.41) is 9.87. The van der Waals surface area contributed by atoms with Gasteiger partial charge >= 0.3 is 0 Å². The van der Waals surface area contributed by atoms with E-state index in [4.69, 9.17) is 4.74 Å². The molecule has 0 radical (unpaired) electrons. The first kappa shape index (κ1) is 12.0. The zero-order valence-electron chi connectivity index (χ0n) is 11.0. The van der Waals surface area contributed by atoms with E-state index < -0.39 is 0 Å². The summed E-state index contributed by atoms with van der Waals surface area (Å²) >= 11 is 0. The van der Waals surface area contributed by atoms with Gasteiger partial charge in [-0.05, 0) is 55.1 Å². The number of aliphatic hydroxyl groups excluding tert-OH is 1. The molecule has 0 amide bonds. The van der Waals surface area contributed by atoms with Crippen molar-refractivity contribution in [2.75, 3.05) is 6.61 Å². The van der Waals surface area contributed by atoms with Crippen LogP contribution < -0.4 is 4.74 Å². The average molecular weight is 246 g/mol. The largest absolute Gasteiger partial charge is 0.493 e. The fraction of sp³-hybridized carbons (Fsp3) is 0.625. The molecule has 18 heavy (non-hydrogen) atoms. The molecule has 1 fully saturated rings. The lowest BCUT2D eigenvalue weighted by molar-refractivity contribution is 0.122. The van der Waals surface area contributed by atoms with E-state index in [0.29, 0.717) is 17.8 Å². The molecular weight excluding hydrogens is 224 g/mol. The number of fused-ring (bicyclic) bond motifs is 1. The molecule has 2 heteroatoms. The van der Waals surface area contributed by atoms with Crippen molar-refractivity contribution in [2.24, 2.45) is 11.8 Å². The molecule has 1 heterocycles. The summed E-state index contributed by atoms with van der Waals surface area (Å²) in [4.78, 5) is 0. The first-order valence-corrected chi connectivity index (χ1v) is 7.15. The molecule has 1 aliphatic heterocycles. The van der Waals surface area contributed by atoms with Crippen LogP contribution in [0.4, 0.5) is 0 Å². The quantitative estimate of drug-likeness (QED) is 0.867. The van der Waals surface area contributed by atoms with Crippen LogP contribution in [0, 0.1) is 11.8 Å². The predicted octanol–water partition coefficient (Wildman–Crippen LogP) is 3.35. The summed E-state index contributed by atoms with van der Waals surface area (Å²) in [6.07, 6.45) is 4.41. The second-order valence-electron chi connectivity index (χ2n) is 5.87. The van der Waals surface area contributed by atoms with Crippen LogP contribution in [0.25, 0.3) is 0 Å². The average Bonchev–Trinajstić information content (AvgIpc) is 2.71. The van der Waals surface area contributed by atoms with E-state index >= 15 is 0 Å². The van der Waals surface area contributed by atoms with Gasteiger partial charge in [0.25, 0.3) is 0 Å². The molecule has 1 aromatic rings. The lowest BCUT2D eigenvalue weighted by atomic mass is 9.81. The fourth-order valence-corrected chi connectivity index (χ4v) is 3.58. The Morgan fingerprint density at radius 3 is 2.83 bits per heavy atom. The second-order valence-corrected chi connectivity index (χ2v) is 5.87. The van der Waals surface area contributed by atoms with Crippen molar-refractivity contribution in [1.82, 2.24) is 0 Å². The van der Waals surface area contributed by atoms with Crippen molar-refractivity contribution in [1.29, 1.82) is 0 Å². The molecule has 1 N–H and O–H groups in total. The number of aliphatic hydroxyl groups is 1. The van der Waals surface area contributed by atoms with Gasteiger partial charge in [0.1, 0.15) is 5.75 Å². The van der Waals surface area contributed by atoms with Crippen molar-refractivity contribution in [3.63, 3.8) is 0 Å². The molecular formula is C16H22O2. The van der Waals surface area contributed by atoms with Crippen molar-refractivity contribution in [2.45, 2.75) is 44.6 Å². The zero-order chi connectivity index (χ0) is 12.5. The van der Waals surface area contributed by atoms with Crippen LogP contribution in [0.2, 0.25) is 0 Å². The minimum Gasteiger partial charge on any atom is -0.493 e. The van der Waals surface area contributed by atoms with Gasteiger partial charge in [0.2, 0.25) is 0 Å². The lowest BCUT2D eigenvalue weighted by Crippen LogP contribution is -2.20. The Hall–Kier alpha value is -1.02. The van der Waals surface area contributed by atoms with Crippen LogP contribution in [0.15, 0.2) is 24.3 Å². The van der Waals surface area contributed by atoms with Gasteiger partial charge < -0.3 is 9.84 Å². The third kappa shape index (κ3) is 2.14. The zero-order valence-corrected chi connectivity index (χ0v) is 11.0. The van der Waals surface area contributed by atoms with Gasteiger partial charge in [-0.3, -0.25) is 0 Å². The Balaban J connectivity index is 1.75. The molecule has 0 bridgehead atoms. The van der Waals surface area contributed by atoms with Crippen LogP contribution in [-0.4, -0.2) is 17.8 Å². The molecule has 2 aliphatic rings. The number of rotatable bonds is 2. The molecule has 98 valence electrons. The van der Waals surface area contributed by atoms with E-state index in [1.54, 1.807) is 0 Å². The van der Waals surface area contributed by atoms with Crippen molar-refractivity contribution in [3.05, 3.63) is 29.8 Å². The van der Waals surface area contributed by atoms with Crippen molar-refractivity contribution in [3.8, 4) is 5.75 Å². The van der Waals surface area contributed by atoms with Crippen molar-refractivity contribution < 1.29 is 9.84 Å². The fourth-order valence-electron chi connectivity index (χ4n) is 3.58. The maximum Gasteiger partial charge on any atom is 0.122 e. The summed E-state index contributed by atoms with van der Waals surface area (Å²) in [6.45, 7) is 3.04. The molecule has 4 unspecified atom stereocenters. The molecule has 1 saturated carbocycles. The highest BCUT2D eigenvalue weighted by Crippen LogP contribution is 2.43. The van der Waals surface area contributed by atoms with Crippen LogP contribution in [-0.2, 0) is 0 Å². The highest BCUT2D eigenvalue weighted by molar-refractivity contribution is 5.37. The summed E-state index contributed by atoms with van der Waals surface area (Å²) in [6, 6.07) is 8.43. The van der Waals surface area contributed by atoms with Crippen LogP contribution >= 0.6 is 0 Å². The molecule has 0 spiro atoms. The van der Waals surface area contributed by atoms with E-state index in [1.807, 2.05) is 6.07 Å². The smallest absolute Gasteiger partial charge is 0.122 e. The SMILES string of the molecule is CC1C(O)CCC1CC1CCOc2ccccc21. The minimum absolute atomic E-state index is 0.0786. The van der Waals surface area contributed by atoms with Gasteiger partial charge in [-0.1, -0.05) is 25.1 Å². The van der Waals surface area contributed by atoms with Gasteiger partial charge in [0.05, 0.1) is 12.7 Å². The molecule has 2 nitrogen and oxygen atoms in total. The number of hydrogen-bond donors (Lipinski definition) is 1. The predicted molar refractivity (Wildman–Crippen MR) is 71.8 cm³/mol. The molecule has 4 atom stereocenters. The van der Waals surface area contributed by atoms with Crippen molar-refractivity contribution >= 4 is 0 Å². The Bertz CT molecular complexity index is 415. The normalized spacial score (nSPS) is 35.0. The van der Waals surface area contributed by atoms with Gasteiger partial charge in [0, 0.05) is 0 Å². The van der Waals surface area contributed by atoms with Gasteiger partial charge in [-0.25, -0.2) is 0 Å². The monoisotopic (exact) mass is 246 g/mol. The Kier molecular flexibility index (Phi) is 3.29. The third-order valence-electron chi connectivity index (χ3n) is 4.85. The number of benzene rings is 1. The topological polar surface area (TPSA) is 29.5 Å². The first-order chi connectivity index (χ1) is 8.75. The Morgan fingerprint density at radius 2 is 2.06 bits per heavy atom. The first-order valence-electron chi connectivity index (χ1n) is 7.15. The maximum atomic E-state index is 9.87. The highest BCUT2D eigenvalue weighted by atomic mass is 16.5. The number of ether oxygens (including phenoxy) is 1. The summed E-state index contributed by atoms with van der Waals surface area (Å²) in [5.74, 6) is 2.82. The Morgan fingerprint density at radius 1 is 1.22 bits per heavy atom. The summed E-state index contributed by atoms with van der Waals surface area (Å²) in [5.41, 5.74) is 1.37. The lowest BCUT2D eigenvalue weighted by Gasteiger charge is -2.29. The van der Waals surface area contributed by atoms with E-state index in [0.717, 1.165) is 25.2 Å². The van der Waals surface area contributed by atoms with Crippen LogP contribution in [0.1, 0.15) is 44.1 Å².